The van der Waals surface area contributed by atoms with Gasteiger partial charge in [-0.1, -0.05) is 12.1 Å². The van der Waals surface area contributed by atoms with Crippen molar-refractivity contribution in [2.75, 3.05) is 6.61 Å². The number of hydrogen-bond acceptors (Lipinski definition) is 4. The molecule has 0 atom stereocenters. The molecule has 0 fully saturated rings. The van der Waals surface area contributed by atoms with Crippen LogP contribution in [0.3, 0.4) is 0 Å². The highest BCUT2D eigenvalue weighted by Crippen LogP contribution is 2.27. The van der Waals surface area contributed by atoms with Crippen LogP contribution in [0.25, 0.3) is 0 Å². The minimum absolute atomic E-state index is 0.0435. The van der Waals surface area contributed by atoms with Crippen LogP contribution >= 0.6 is 0 Å². The zero-order valence-electron chi connectivity index (χ0n) is 11.4. The van der Waals surface area contributed by atoms with E-state index >= 15 is 0 Å². The maximum absolute atomic E-state index is 12.2. The van der Waals surface area contributed by atoms with Crippen LogP contribution in [-0.4, -0.2) is 24.7 Å². The van der Waals surface area contributed by atoms with Crippen molar-refractivity contribution in [1.29, 1.82) is 0 Å². The number of alkyl halides is 3. The molecular formula is C14H15F3O4. The zero-order chi connectivity index (χ0) is 15.9. The lowest BCUT2D eigenvalue weighted by Crippen LogP contribution is -2.19. The van der Waals surface area contributed by atoms with Crippen molar-refractivity contribution < 1.29 is 32.2 Å². The fourth-order valence-corrected chi connectivity index (χ4v) is 1.67. The number of carbonyl (C=O) groups excluding carboxylic acids is 2. The van der Waals surface area contributed by atoms with Crippen LogP contribution < -0.4 is 4.74 Å². The Morgan fingerprint density at radius 1 is 1.14 bits per heavy atom. The molecule has 4 nitrogen and oxygen atoms in total. The Labute approximate surface area is 119 Å². The molecule has 0 radical (unpaired) electrons. The van der Waals surface area contributed by atoms with E-state index in [0.29, 0.717) is 0 Å². The molecule has 1 aromatic rings. The van der Waals surface area contributed by atoms with E-state index in [2.05, 4.69) is 4.74 Å². The summed E-state index contributed by atoms with van der Waals surface area (Å²) in [7, 11) is 0. The van der Waals surface area contributed by atoms with E-state index in [1.165, 1.54) is 18.2 Å². The quantitative estimate of drug-likeness (QED) is 0.571. The normalized spacial score (nSPS) is 11.0. The zero-order valence-corrected chi connectivity index (χ0v) is 11.4. The lowest BCUT2D eigenvalue weighted by Gasteiger charge is -2.12. The van der Waals surface area contributed by atoms with Gasteiger partial charge >= 0.3 is 12.3 Å². The molecule has 0 aliphatic rings. The smallest absolute Gasteiger partial charge is 0.466 e. The number of Topliss-reactive ketones (excluding diaryl/α,β-unsaturated/α-hetero) is 1. The van der Waals surface area contributed by atoms with Gasteiger partial charge < -0.3 is 9.47 Å². The van der Waals surface area contributed by atoms with Gasteiger partial charge in [0.25, 0.3) is 0 Å². The maximum atomic E-state index is 12.2. The highest BCUT2D eigenvalue weighted by atomic mass is 19.4. The fraction of sp³-hybridized carbons (Fsp3) is 0.429. The van der Waals surface area contributed by atoms with Gasteiger partial charge in [-0.05, 0) is 25.5 Å². The Balaban J connectivity index is 2.64. The maximum Gasteiger partial charge on any atom is 0.573 e. The van der Waals surface area contributed by atoms with Gasteiger partial charge in [0.05, 0.1) is 12.2 Å². The Morgan fingerprint density at radius 2 is 1.81 bits per heavy atom. The summed E-state index contributed by atoms with van der Waals surface area (Å²) < 4.78 is 45.2. The summed E-state index contributed by atoms with van der Waals surface area (Å²) in [6.07, 6.45) is -4.67. The number of para-hydroxylation sites is 1. The summed E-state index contributed by atoms with van der Waals surface area (Å²) in [5.41, 5.74) is -0.154. The molecule has 116 valence electrons. The molecule has 0 saturated heterocycles. The summed E-state index contributed by atoms with van der Waals surface area (Å²) in [4.78, 5) is 23.0. The minimum Gasteiger partial charge on any atom is -0.466 e. The topological polar surface area (TPSA) is 52.6 Å². The summed E-state index contributed by atoms with van der Waals surface area (Å²) in [5.74, 6) is -1.49. The van der Waals surface area contributed by atoms with Crippen LogP contribution in [0.5, 0.6) is 5.75 Å². The SMILES string of the molecule is CCOC(=O)CCCC(=O)c1ccccc1OC(F)(F)F. The lowest BCUT2D eigenvalue weighted by atomic mass is 10.0. The first-order valence-corrected chi connectivity index (χ1v) is 6.37. The highest BCUT2D eigenvalue weighted by molar-refractivity contribution is 5.98. The van der Waals surface area contributed by atoms with Crippen molar-refractivity contribution in [2.45, 2.75) is 32.5 Å². The number of esters is 1. The van der Waals surface area contributed by atoms with Crippen molar-refractivity contribution >= 4 is 11.8 Å². The van der Waals surface area contributed by atoms with Gasteiger partial charge in [0.2, 0.25) is 0 Å². The predicted molar refractivity (Wildman–Crippen MR) is 67.9 cm³/mol. The van der Waals surface area contributed by atoms with Crippen LogP contribution in [0.4, 0.5) is 13.2 Å². The summed E-state index contributed by atoms with van der Waals surface area (Å²) in [6.45, 7) is 1.91. The van der Waals surface area contributed by atoms with Crippen LogP contribution in [0, 0.1) is 0 Å². The van der Waals surface area contributed by atoms with Gasteiger partial charge in [-0.25, -0.2) is 0 Å². The molecule has 0 aliphatic heterocycles. The first-order valence-electron chi connectivity index (χ1n) is 6.37. The van der Waals surface area contributed by atoms with E-state index in [9.17, 15) is 22.8 Å². The number of carbonyl (C=O) groups is 2. The van der Waals surface area contributed by atoms with Crippen molar-refractivity contribution in [3.63, 3.8) is 0 Å². The monoisotopic (exact) mass is 304 g/mol. The Hall–Kier alpha value is -2.05. The second-order valence-electron chi connectivity index (χ2n) is 4.13. The molecular weight excluding hydrogens is 289 g/mol. The van der Waals surface area contributed by atoms with E-state index in [-0.39, 0.29) is 31.4 Å². The largest absolute Gasteiger partial charge is 0.573 e. The molecule has 1 aromatic carbocycles. The molecule has 0 heterocycles. The summed E-state index contributed by atoms with van der Waals surface area (Å²) in [6, 6.07) is 5.12. The van der Waals surface area contributed by atoms with Crippen molar-refractivity contribution in [2.24, 2.45) is 0 Å². The molecule has 21 heavy (non-hydrogen) atoms. The Kier molecular flexibility index (Phi) is 6.20. The second kappa shape index (κ2) is 7.66. The molecule has 0 aromatic heterocycles. The van der Waals surface area contributed by atoms with Gasteiger partial charge in [0.1, 0.15) is 5.75 Å². The average molecular weight is 304 g/mol. The molecule has 1 rings (SSSR count). The minimum atomic E-state index is -4.86. The highest BCUT2D eigenvalue weighted by Gasteiger charge is 2.32. The number of benzene rings is 1. The molecule has 0 N–H and O–H groups in total. The molecule has 0 unspecified atom stereocenters. The second-order valence-corrected chi connectivity index (χ2v) is 4.13. The van der Waals surface area contributed by atoms with Gasteiger partial charge in [-0.15, -0.1) is 13.2 Å². The number of halogens is 3. The number of rotatable bonds is 7. The molecule has 0 bridgehead atoms. The third kappa shape index (κ3) is 6.29. The van der Waals surface area contributed by atoms with Gasteiger partial charge in [-0.3, -0.25) is 9.59 Å². The van der Waals surface area contributed by atoms with E-state index in [4.69, 9.17) is 4.74 Å². The molecule has 0 saturated carbocycles. The predicted octanol–water partition coefficient (Wildman–Crippen LogP) is 3.50. The Morgan fingerprint density at radius 3 is 2.43 bits per heavy atom. The standard InChI is InChI=1S/C14H15F3O4/c1-2-20-13(19)9-5-7-11(18)10-6-3-4-8-12(10)21-14(15,16)17/h3-4,6,8H,2,5,7,9H2,1H3. The fourth-order valence-electron chi connectivity index (χ4n) is 1.67. The van der Waals surface area contributed by atoms with Crippen LogP contribution in [-0.2, 0) is 9.53 Å². The van der Waals surface area contributed by atoms with Gasteiger partial charge in [0, 0.05) is 12.8 Å². The van der Waals surface area contributed by atoms with Crippen LogP contribution in [0.2, 0.25) is 0 Å². The molecule has 0 spiro atoms. The van der Waals surface area contributed by atoms with Crippen LogP contribution in [0.1, 0.15) is 36.5 Å². The number of hydrogen-bond donors (Lipinski definition) is 0. The third-order valence-corrected chi connectivity index (χ3v) is 2.50. The molecule has 0 amide bonds. The first kappa shape index (κ1) is 17.0. The number of ketones is 1. The molecule has 0 aliphatic carbocycles. The molecule has 7 heteroatoms. The van der Waals surface area contributed by atoms with E-state index in [1.54, 1.807) is 6.92 Å². The first-order chi connectivity index (χ1) is 9.83. The summed E-state index contributed by atoms with van der Waals surface area (Å²) in [5, 5.41) is 0. The van der Waals surface area contributed by atoms with E-state index in [0.717, 1.165) is 6.07 Å². The summed E-state index contributed by atoms with van der Waals surface area (Å²) >= 11 is 0. The van der Waals surface area contributed by atoms with Gasteiger partial charge in [0.15, 0.2) is 5.78 Å². The average Bonchev–Trinajstić information content (AvgIpc) is 2.37. The number of ether oxygens (including phenoxy) is 2. The van der Waals surface area contributed by atoms with E-state index in [1.807, 2.05) is 0 Å². The Bertz CT molecular complexity index is 497. The van der Waals surface area contributed by atoms with Crippen molar-refractivity contribution in [1.82, 2.24) is 0 Å². The van der Waals surface area contributed by atoms with Crippen LogP contribution in [0.15, 0.2) is 24.3 Å². The van der Waals surface area contributed by atoms with Crippen molar-refractivity contribution in [3.8, 4) is 5.75 Å². The third-order valence-electron chi connectivity index (χ3n) is 2.50. The van der Waals surface area contributed by atoms with Crippen molar-refractivity contribution in [3.05, 3.63) is 29.8 Å². The lowest BCUT2D eigenvalue weighted by molar-refractivity contribution is -0.274. The van der Waals surface area contributed by atoms with Gasteiger partial charge in [-0.2, -0.15) is 0 Å². The van der Waals surface area contributed by atoms with E-state index < -0.39 is 23.9 Å².